The van der Waals surface area contributed by atoms with Crippen molar-refractivity contribution in [1.82, 2.24) is 30.6 Å². The highest BCUT2D eigenvalue weighted by molar-refractivity contribution is 6.60. The molecule has 0 spiro atoms. The molecule has 1 aromatic carbocycles. The van der Waals surface area contributed by atoms with Crippen molar-refractivity contribution in [2.75, 3.05) is 24.3 Å². The van der Waals surface area contributed by atoms with E-state index in [-0.39, 0.29) is 35.4 Å². The first-order valence-corrected chi connectivity index (χ1v) is 13.5. The predicted octanol–water partition coefficient (Wildman–Crippen LogP) is 1.81. The minimum Gasteiger partial charge on any atom is -0.494 e. The van der Waals surface area contributed by atoms with Crippen molar-refractivity contribution in [2.45, 2.75) is 51.0 Å². The van der Waals surface area contributed by atoms with Gasteiger partial charge in [-0.2, -0.15) is 15.0 Å². The summed E-state index contributed by atoms with van der Waals surface area (Å²) in [5.41, 5.74) is 1.31. The van der Waals surface area contributed by atoms with E-state index < -0.39 is 22.8 Å². The summed E-state index contributed by atoms with van der Waals surface area (Å²) in [6.07, 6.45) is 3.94. The number of nitrogens with zero attached hydrogens (tertiary/aromatic N) is 4. The van der Waals surface area contributed by atoms with E-state index in [1.807, 2.05) is 0 Å². The second kappa shape index (κ2) is 12.8. The van der Waals surface area contributed by atoms with E-state index in [2.05, 4.69) is 36.4 Å². The number of carbonyl (C=O) groups is 3. The van der Waals surface area contributed by atoms with Gasteiger partial charge < -0.3 is 30.7 Å². The van der Waals surface area contributed by atoms with Crippen molar-refractivity contribution in [1.29, 1.82) is 0 Å². The Morgan fingerprint density at radius 2 is 1.84 bits per heavy atom. The third-order valence-electron chi connectivity index (χ3n) is 5.96. The van der Waals surface area contributed by atoms with Crippen LogP contribution >= 0.6 is 0 Å². The van der Waals surface area contributed by atoms with Gasteiger partial charge in [0.25, 0.3) is 5.91 Å². The van der Waals surface area contributed by atoms with Crippen LogP contribution in [0.15, 0.2) is 36.7 Å². The summed E-state index contributed by atoms with van der Waals surface area (Å²) in [7, 11) is 18.2. The Kier molecular flexibility index (Phi) is 9.36. The van der Waals surface area contributed by atoms with Crippen LogP contribution in [0.5, 0.6) is 5.75 Å². The second-order valence-corrected chi connectivity index (χ2v) is 11.0. The number of ether oxygens (including phenoxy) is 2. The van der Waals surface area contributed by atoms with Crippen LogP contribution in [0.25, 0.3) is 11.3 Å². The first-order valence-electron chi connectivity index (χ1n) is 13.5. The molecule has 0 atom stereocenters. The van der Waals surface area contributed by atoms with Gasteiger partial charge in [-0.15, -0.1) is 0 Å². The predicted molar refractivity (Wildman–Crippen MR) is 163 cm³/mol. The van der Waals surface area contributed by atoms with E-state index in [0.29, 0.717) is 29.2 Å². The molecule has 1 aliphatic rings. The highest BCUT2D eigenvalue weighted by Crippen LogP contribution is 2.38. The highest BCUT2D eigenvalue weighted by Gasteiger charge is 2.30. The average Bonchev–Trinajstić information content (AvgIpc) is 3.65. The smallest absolute Gasteiger partial charge is 0.407 e. The molecule has 1 saturated carbocycles. The maximum Gasteiger partial charge on any atom is 0.407 e. The molecule has 3 aromatic rings. The summed E-state index contributed by atoms with van der Waals surface area (Å²) in [5, 5.41) is 17.7. The van der Waals surface area contributed by atoms with E-state index in [0.717, 1.165) is 12.8 Å². The molecule has 16 heteroatoms. The van der Waals surface area contributed by atoms with Gasteiger partial charge in [0, 0.05) is 30.3 Å². The summed E-state index contributed by atoms with van der Waals surface area (Å²) >= 11 is 0. The Morgan fingerprint density at radius 3 is 2.49 bits per heavy atom. The van der Waals surface area contributed by atoms with Gasteiger partial charge in [0.05, 0.1) is 60.3 Å². The lowest BCUT2D eigenvalue weighted by Crippen LogP contribution is -2.50. The molecular weight excluding hydrogens is 549 g/mol. The number of para-hydroxylation sites is 1. The number of benzene rings is 1. The van der Waals surface area contributed by atoms with E-state index in [1.165, 1.54) is 24.2 Å². The van der Waals surface area contributed by atoms with Crippen molar-refractivity contribution in [3.05, 3.63) is 42.2 Å². The first-order chi connectivity index (χ1) is 20.2. The lowest BCUT2D eigenvalue weighted by molar-refractivity contribution is -0.117. The minimum atomic E-state index is -1.97. The molecule has 4 rings (SSSR count). The molecule has 218 valence electrons. The van der Waals surface area contributed by atoms with Crippen LogP contribution < -0.4 is 26.0 Å². The van der Waals surface area contributed by atoms with E-state index >= 15 is 0 Å². The number of amides is 3. The number of hydrogen-bond acceptors (Lipinski definition) is 9. The van der Waals surface area contributed by atoms with Gasteiger partial charge in [0.1, 0.15) is 17.1 Å². The molecule has 6 radical (unpaired) electrons. The first kappa shape index (κ1) is 31.5. The fourth-order valence-corrected chi connectivity index (χ4v) is 3.95. The summed E-state index contributed by atoms with van der Waals surface area (Å²) in [4.78, 5) is 42.9. The Morgan fingerprint density at radius 1 is 1.09 bits per heavy atom. The number of anilines is 3. The fourth-order valence-electron chi connectivity index (χ4n) is 3.95. The number of rotatable bonds is 11. The quantitative estimate of drug-likeness (QED) is 0.248. The van der Waals surface area contributed by atoms with Crippen LogP contribution in [0.2, 0.25) is 0 Å². The Hall–Kier alpha value is -4.49. The maximum absolute atomic E-state index is 13.0. The Labute approximate surface area is 253 Å². The van der Waals surface area contributed by atoms with E-state index in [1.54, 1.807) is 45.2 Å². The summed E-state index contributed by atoms with van der Waals surface area (Å²) in [6.45, 7) is 5.90. The molecule has 2 aromatic heterocycles. The number of alkyl carbamates (subject to hydrolysis) is 1. The number of pyridine rings is 1. The summed E-state index contributed by atoms with van der Waals surface area (Å²) in [6, 6.07) is 6.82. The number of aromatic nitrogens is 4. The zero-order valence-corrected chi connectivity index (χ0v) is 24.4. The molecule has 43 heavy (non-hydrogen) atoms. The highest BCUT2D eigenvalue weighted by atomic mass is 16.6. The van der Waals surface area contributed by atoms with Gasteiger partial charge in [-0.25, -0.2) is 9.78 Å². The Bertz CT molecular complexity index is 1500. The second-order valence-electron chi connectivity index (χ2n) is 11.0. The molecule has 3 amide bonds. The van der Waals surface area contributed by atoms with Crippen LogP contribution in [0.3, 0.4) is 0 Å². The number of carbonyl (C=O) groups excluding carboxylic acids is 3. The van der Waals surface area contributed by atoms with Crippen LogP contribution in [-0.4, -0.2) is 85.9 Å². The van der Waals surface area contributed by atoms with Crippen LogP contribution in [0.4, 0.5) is 22.0 Å². The van der Waals surface area contributed by atoms with Gasteiger partial charge in [-0.3, -0.25) is 9.59 Å². The molecular formula is C27H31B3N8O5. The van der Waals surface area contributed by atoms with Crippen molar-refractivity contribution < 1.29 is 23.9 Å². The topological polar surface area (TPSA) is 161 Å². The molecule has 1 fully saturated rings. The zero-order chi connectivity index (χ0) is 31.4. The molecule has 4 N–H and O–H groups in total. The molecule has 13 nitrogen and oxygen atoms in total. The van der Waals surface area contributed by atoms with Crippen molar-refractivity contribution in [3.8, 4) is 17.0 Å². The van der Waals surface area contributed by atoms with Crippen LogP contribution in [0.1, 0.15) is 44.0 Å². The van der Waals surface area contributed by atoms with Crippen LogP contribution in [-0.2, 0) is 16.1 Å². The van der Waals surface area contributed by atoms with E-state index in [4.69, 9.17) is 33.0 Å². The lowest BCUT2D eigenvalue weighted by atomic mass is 9.49. The average molecular weight is 580 g/mol. The molecule has 0 saturated heterocycles. The molecule has 0 bridgehead atoms. The van der Waals surface area contributed by atoms with Crippen molar-refractivity contribution in [2.24, 2.45) is 5.92 Å². The monoisotopic (exact) mass is 580 g/mol. The van der Waals surface area contributed by atoms with Crippen molar-refractivity contribution >= 4 is 58.6 Å². The van der Waals surface area contributed by atoms with E-state index in [9.17, 15) is 14.4 Å². The lowest BCUT2D eigenvalue weighted by Gasteiger charge is -2.23. The largest absolute Gasteiger partial charge is 0.494 e. The van der Waals surface area contributed by atoms with Gasteiger partial charge >= 0.3 is 6.09 Å². The maximum atomic E-state index is 13.0. The fraction of sp³-hybridized carbons (Fsp3) is 0.407. The van der Waals surface area contributed by atoms with Gasteiger partial charge in [-0.1, -0.05) is 11.3 Å². The third-order valence-corrected chi connectivity index (χ3v) is 5.96. The standard InChI is InChI=1S/C27H31B3N8O5/c1-26(2,3)43-25(41)31-10-11-38-33-14-20(37-38)16-6-5-7-18(22(16)42-4)34-19-12-21(35-23(39)15-8-9-15)32-13-17(19)24(40)36-27(28,29)30/h5-7,12-15H,8-11H2,1-4H3,(H,31,41)(H,36,40)(H2,32,34,35,39). The SMILES string of the molecule is [B]C([B])([B])NC(=O)c1cnc(NC(=O)C2CC2)cc1Nc1cccc(-c2cnn(CCNC(=O)OC(C)(C)C)n2)c1OC. The van der Waals surface area contributed by atoms with Crippen LogP contribution in [0, 0.1) is 5.92 Å². The molecule has 0 unspecified atom stereocenters. The molecule has 2 heterocycles. The number of methoxy groups -OCH3 is 1. The van der Waals surface area contributed by atoms with Gasteiger partial charge in [0.15, 0.2) is 5.75 Å². The number of nitrogens with one attached hydrogen (secondary N) is 4. The van der Waals surface area contributed by atoms with Gasteiger partial charge in [-0.05, 0) is 45.7 Å². The zero-order valence-electron chi connectivity index (χ0n) is 24.4. The molecule has 1 aliphatic carbocycles. The van der Waals surface area contributed by atoms with Gasteiger partial charge in [0.2, 0.25) is 5.91 Å². The normalized spacial score (nSPS) is 13.1. The molecule has 0 aliphatic heterocycles. The minimum absolute atomic E-state index is 0.0493. The third kappa shape index (κ3) is 9.00. The van der Waals surface area contributed by atoms with Crippen molar-refractivity contribution in [3.63, 3.8) is 0 Å². The summed E-state index contributed by atoms with van der Waals surface area (Å²) < 4.78 is 11.0. The Balaban J connectivity index is 1.57. The number of hydrogen-bond donors (Lipinski definition) is 4. The summed E-state index contributed by atoms with van der Waals surface area (Å²) in [5.74, 6) is -0.246.